The fourth-order valence-electron chi connectivity index (χ4n) is 1.10. The molecular weight excluding hydrogens is 206 g/mol. The molecule has 7 heteroatoms. The standard InChI is InChI=1S/C7H7N3O3S/c8-7-10-5-3-4(14(9,11)12)1-2-6(5)13-7/h1-3H,(H2,8,10)(H2,9,11,12). The molecular formula is C7H7N3O3S. The number of fused-ring (bicyclic) bond motifs is 1. The number of aromatic nitrogens is 1. The molecule has 0 fully saturated rings. The molecule has 0 saturated carbocycles. The Hall–Kier alpha value is -1.60. The number of nitrogen functional groups attached to an aromatic ring is 1. The second-order valence-electron chi connectivity index (χ2n) is 2.73. The van der Waals surface area contributed by atoms with E-state index in [0.29, 0.717) is 11.1 Å². The van der Waals surface area contributed by atoms with Gasteiger partial charge in [0.25, 0.3) is 6.01 Å². The van der Waals surface area contributed by atoms with Crippen LogP contribution in [0.1, 0.15) is 0 Å². The summed E-state index contributed by atoms with van der Waals surface area (Å²) in [6, 6.07) is 4.09. The molecule has 2 aromatic rings. The number of anilines is 1. The van der Waals surface area contributed by atoms with Crippen LogP contribution in [0.5, 0.6) is 0 Å². The van der Waals surface area contributed by atoms with E-state index in [1.165, 1.54) is 18.2 Å². The van der Waals surface area contributed by atoms with Crippen molar-refractivity contribution in [3.8, 4) is 0 Å². The second-order valence-corrected chi connectivity index (χ2v) is 4.29. The van der Waals surface area contributed by atoms with Crippen LogP contribution in [0.4, 0.5) is 6.01 Å². The highest BCUT2D eigenvalue weighted by molar-refractivity contribution is 7.89. The van der Waals surface area contributed by atoms with Crippen LogP contribution in [-0.2, 0) is 10.0 Å². The van der Waals surface area contributed by atoms with E-state index in [0.717, 1.165) is 0 Å². The average molecular weight is 213 g/mol. The van der Waals surface area contributed by atoms with E-state index in [9.17, 15) is 8.42 Å². The fraction of sp³-hybridized carbons (Fsp3) is 0. The summed E-state index contributed by atoms with van der Waals surface area (Å²) in [6.07, 6.45) is 0. The molecule has 0 amide bonds. The number of rotatable bonds is 1. The SMILES string of the molecule is Nc1nc2cc(S(N)(=O)=O)ccc2o1. The van der Waals surface area contributed by atoms with Gasteiger partial charge in [0, 0.05) is 0 Å². The molecule has 74 valence electrons. The third-order valence-electron chi connectivity index (χ3n) is 1.70. The minimum atomic E-state index is -3.71. The molecule has 0 atom stereocenters. The zero-order valence-electron chi connectivity index (χ0n) is 6.97. The number of sulfonamides is 1. The van der Waals surface area contributed by atoms with Crippen LogP contribution in [0.25, 0.3) is 11.1 Å². The molecule has 0 radical (unpaired) electrons. The first-order chi connectivity index (χ1) is 6.47. The molecule has 0 spiro atoms. The number of benzene rings is 1. The first kappa shape index (κ1) is 8.97. The van der Waals surface area contributed by atoms with Crippen LogP contribution < -0.4 is 10.9 Å². The number of nitrogens with two attached hydrogens (primary N) is 2. The Bertz CT molecular complexity index is 587. The maximum Gasteiger partial charge on any atom is 0.292 e. The van der Waals surface area contributed by atoms with Gasteiger partial charge in [0.05, 0.1) is 4.90 Å². The van der Waals surface area contributed by atoms with E-state index in [1.807, 2.05) is 0 Å². The van der Waals surface area contributed by atoms with Gasteiger partial charge in [0.1, 0.15) is 5.52 Å². The van der Waals surface area contributed by atoms with Crippen molar-refractivity contribution in [2.24, 2.45) is 5.14 Å². The molecule has 14 heavy (non-hydrogen) atoms. The summed E-state index contributed by atoms with van der Waals surface area (Å²) in [6.45, 7) is 0. The topological polar surface area (TPSA) is 112 Å². The maximum atomic E-state index is 11.0. The molecule has 1 heterocycles. The molecule has 0 saturated heterocycles. The van der Waals surface area contributed by atoms with Crippen LogP contribution >= 0.6 is 0 Å². The Morgan fingerprint density at radius 2 is 2.07 bits per heavy atom. The van der Waals surface area contributed by atoms with Gasteiger partial charge in [-0.15, -0.1) is 0 Å². The van der Waals surface area contributed by atoms with Gasteiger partial charge >= 0.3 is 0 Å². The number of primary sulfonamides is 1. The minimum absolute atomic E-state index is 0.00781. The highest BCUT2D eigenvalue weighted by Gasteiger charge is 2.10. The predicted molar refractivity (Wildman–Crippen MR) is 49.8 cm³/mol. The first-order valence-electron chi connectivity index (χ1n) is 3.66. The van der Waals surface area contributed by atoms with Crippen LogP contribution in [-0.4, -0.2) is 13.4 Å². The van der Waals surface area contributed by atoms with Gasteiger partial charge in [-0.2, -0.15) is 4.98 Å². The van der Waals surface area contributed by atoms with Gasteiger partial charge in [-0.1, -0.05) is 0 Å². The first-order valence-corrected chi connectivity index (χ1v) is 5.20. The van der Waals surface area contributed by atoms with Crippen molar-refractivity contribution in [2.75, 3.05) is 5.73 Å². The van der Waals surface area contributed by atoms with Crippen molar-refractivity contribution in [3.05, 3.63) is 18.2 Å². The van der Waals surface area contributed by atoms with E-state index >= 15 is 0 Å². The number of hydrogen-bond donors (Lipinski definition) is 2. The fourth-order valence-corrected chi connectivity index (χ4v) is 1.64. The largest absolute Gasteiger partial charge is 0.424 e. The monoisotopic (exact) mass is 213 g/mol. The van der Waals surface area contributed by atoms with E-state index in [-0.39, 0.29) is 10.9 Å². The lowest BCUT2D eigenvalue weighted by Gasteiger charge is -1.95. The van der Waals surface area contributed by atoms with Gasteiger partial charge in [0.15, 0.2) is 5.58 Å². The molecule has 0 aliphatic heterocycles. The molecule has 2 rings (SSSR count). The Balaban J connectivity index is 2.74. The summed E-state index contributed by atoms with van der Waals surface area (Å²) in [5.41, 5.74) is 6.09. The molecule has 1 aromatic heterocycles. The quantitative estimate of drug-likeness (QED) is 0.695. The summed E-state index contributed by atoms with van der Waals surface area (Å²) in [5, 5.41) is 4.94. The highest BCUT2D eigenvalue weighted by atomic mass is 32.2. The van der Waals surface area contributed by atoms with Gasteiger partial charge < -0.3 is 10.2 Å². The van der Waals surface area contributed by atoms with Crippen molar-refractivity contribution in [3.63, 3.8) is 0 Å². The Labute approximate surface area is 79.6 Å². The van der Waals surface area contributed by atoms with Crippen LogP contribution in [0.3, 0.4) is 0 Å². The van der Waals surface area contributed by atoms with Crippen molar-refractivity contribution in [1.29, 1.82) is 0 Å². The van der Waals surface area contributed by atoms with Crippen LogP contribution in [0, 0.1) is 0 Å². The van der Waals surface area contributed by atoms with E-state index in [4.69, 9.17) is 15.3 Å². The lowest BCUT2D eigenvalue weighted by atomic mass is 10.3. The van der Waals surface area contributed by atoms with Crippen molar-refractivity contribution < 1.29 is 12.8 Å². The Kier molecular flexibility index (Phi) is 1.73. The third-order valence-corrected chi connectivity index (χ3v) is 2.62. The summed E-state index contributed by atoms with van der Waals surface area (Å²) in [4.78, 5) is 3.76. The zero-order chi connectivity index (χ0) is 10.3. The van der Waals surface area contributed by atoms with Gasteiger partial charge in [0.2, 0.25) is 10.0 Å². The van der Waals surface area contributed by atoms with Crippen LogP contribution in [0.2, 0.25) is 0 Å². The van der Waals surface area contributed by atoms with Crippen molar-refractivity contribution in [2.45, 2.75) is 4.90 Å². The van der Waals surface area contributed by atoms with Crippen molar-refractivity contribution >= 4 is 27.1 Å². The van der Waals surface area contributed by atoms with Gasteiger partial charge in [-0.3, -0.25) is 0 Å². The van der Waals surface area contributed by atoms with Crippen molar-refractivity contribution in [1.82, 2.24) is 4.98 Å². The number of hydrogen-bond acceptors (Lipinski definition) is 5. The molecule has 0 bridgehead atoms. The van der Waals surface area contributed by atoms with Crippen LogP contribution in [0.15, 0.2) is 27.5 Å². The molecule has 6 nitrogen and oxygen atoms in total. The lowest BCUT2D eigenvalue weighted by Crippen LogP contribution is -2.11. The Morgan fingerprint density at radius 3 is 2.71 bits per heavy atom. The zero-order valence-corrected chi connectivity index (χ0v) is 7.78. The van der Waals surface area contributed by atoms with E-state index < -0.39 is 10.0 Å². The summed E-state index contributed by atoms with van der Waals surface area (Å²) < 4.78 is 26.9. The lowest BCUT2D eigenvalue weighted by molar-refractivity contribution is 0.598. The predicted octanol–water partition coefficient (Wildman–Crippen LogP) is 0.0574. The minimum Gasteiger partial charge on any atom is -0.424 e. The summed E-state index contributed by atoms with van der Waals surface area (Å²) >= 11 is 0. The number of nitrogens with zero attached hydrogens (tertiary/aromatic N) is 1. The molecule has 0 aliphatic carbocycles. The molecule has 0 aliphatic rings. The maximum absolute atomic E-state index is 11.0. The van der Waals surface area contributed by atoms with E-state index in [1.54, 1.807) is 0 Å². The normalized spacial score (nSPS) is 12.1. The molecule has 0 unspecified atom stereocenters. The molecule has 4 N–H and O–H groups in total. The third kappa shape index (κ3) is 1.42. The van der Waals surface area contributed by atoms with Gasteiger partial charge in [-0.05, 0) is 18.2 Å². The number of oxazole rings is 1. The summed E-state index contributed by atoms with van der Waals surface area (Å²) in [7, 11) is -3.71. The van der Waals surface area contributed by atoms with Gasteiger partial charge in [-0.25, -0.2) is 13.6 Å². The van der Waals surface area contributed by atoms with E-state index in [2.05, 4.69) is 4.98 Å². The smallest absolute Gasteiger partial charge is 0.292 e. The summed E-state index contributed by atoms with van der Waals surface area (Å²) in [5.74, 6) is 0. The molecule has 1 aromatic carbocycles. The second kappa shape index (κ2) is 2.69. The Morgan fingerprint density at radius 1 is 1.36 bits per heavy atom. The average Bonchev–Trinajstić information content (AvgIpc) is 2.41. The highest BCUT2D eigenvalue weighted by Crippen LogP contribution is 2.19.